The monoisotopic (exact) mass is 403 g/mol. The van der Waals surface area contributed by atoms with Gasteiger partial charge in [-0.2, -0.15) is 0 Å². The molecule has 2 amide bonds. The van der Waals surface area contributed by atoms with Crippen LogP contribution in [0.5, 0.6) is 0 Å². The first-order valence-electron chi connectivity index (χ1n) is 8.83. The Morgan fingerprint density at radius 1 is 1.07 bits per heavy atom. The Hall–Kier alpha value is -2.78. The van der Waals surface area contributed by atoms with Crippen molar-refractivity contribution >= 4 is 27.5 Å². The van der Waals surface area contributed by atoms with Crippen LogP contribution >= 0.6 is 0 Å². The fourth-order valence-corrected chi connectivity index (χ4v) is 4.65. The molecular formula is C19H18FN3O4S. The summed E-state index contributed by atoms with van der Waals surface area (Å²) < 4.78 is 40.8. The molecule has 28 heavy (non-hydrogen) atoms. The van der Waals surface area contributed by atoms with Crippen LogP contribution in [0.15, 0.2) is 47.4 Å². The number of benzene rings is 2. The third-order valence-corrected chi connectivity index (χ3v) is 6.48. The zero-order valence-electron chi connectivity index (χ0n) is 14.8. The van der Waals surface area contributed by atoms with Gasteiger partial charge in [-0.15, -0.1) is 0 Å². The first-order valence-corrected chi connectivity index (χ1v) is 10.3. The smallest absolute Gasteiger partial charge is 0.258 e. The Kier molecular flexibility index (Phi) is 4.64. The molecule has 2 N–H and O–H groups in total. The molecule has 1 fully saturated rings. The molecular weight excluding hydrogens is 385 g/mol. The van der Waals surface area contributed by atoms with E-state index < -0.39 is 21.8 Å². The van der Waals surface area contributed by atoms with Crippen molar-refractivity contribution < 1.29 is 22.4 Å². The fraction of sp³-hybridized carbons (Fsp3) is 0.263. The number of halogens is 1. The summed E-state index contributed by atoms with van der Waals surface area (Å²) in [5.41, 5.74) is 1.15. The van der Waals surface area contributed by atoms with E-state index in [-0.39, 0.29) is 34.3 Å². The standard InChI is InChI=1S/C19H18FN3O4S/c20-13-1-3-14(4-2-13)23-8-7-12(11-23)10-21-28(26,27)15-5-6-16-17(9-15)19(25)22-18(16)24/h1-6,9,12,21H,7-8,10-11H2,(H,22,24,25). The lowest BCUT2D eigenvalue weighted by Crippen LogP contribution is -2.31. The predicted octanol–water partition coefficient (Wildman–Crippen LogP) is 1.51. The van der Waals surface area contributed by atoms with E-state index in [9.17, 15) is 22.4 Å². The van der Waals surface area contributed by atoms with Crippen molar-refractivity contribution in [1.29, 1.82) is 0 Å². The average Bonchev–Trinajstić information content (AvgIpc) is 3.26. The molecule has 1 unspecified atom stereocenters. The minimum atomic E-state index is -3.81. The molecule has 0 radical (unpaired) electrons. The van der Waals surface area contributed by atoms with Crippen LogP contribution in [0.4, 0.5) is 10.1 Å². The molecule has 0 aromatic heterocycles. The molecule has 2 aliphatic heterocycles. The predicted molar refractivity (Wildman–Crippen MR) is 100 cm³/mol. The average molecular weight is 403 g/mol. The van der Waals surface area contributed by atoms with Crippen LogP contribution in [0.1, 0.15) is 27.1 Å². The molecule has 9 heteroatoms. The highest BCUT2D eigenvalue weighted by atomic mass is 32.2. The molecule has 1 atom stereocenters. The number of fused-ring (bicyclic) bond motifs is 1. The second kappa shape index (κ2) is 6.99. The lowest BCUT2D eigenvalue weighted by molar-refractivity contribution is 0.0879. The Balaban J connectivity index is 1.41. The number of sulfonamides is 1. The number of anilines is 1. The van der Waals surface area contributed by atoms with Crippen LogP contribution < -0.4 is 14.9 Å². The van der Waals surface area contributed by atoms with Crippen LogP contribution in [0.2, 0.25) is 0 Å². The van der Waals surface area contributed by atoms with Gasteiger partial charge in [0.2, 0.25) is 10.0 Å². The lowest BCUT2D eigenvalue weighted by Gasteiger charge is -2.19. The van der Waals surface area contributed by atoms with Gasteiger partial charge < -0.3 is 4.90 Å². The molecule has 2 heterocycles. The van der Waals surface area contributed by atoms with Gasteiger partial charge in [0.05, 0.1) is 16.0 Å². The van der Waals surface area contributed by atoms with Gasteiger partial charge in [-0.3, -0.25) is 14.9 Å². The van der Waals surface area contributed by atoms with Crippen molar-refractivity contribution in [3.8, 4) is 0 Å². The minimum absolute atomic E-state index is 0.0514. The minimum Gasteiger partial charge on any atom is -0.371 e. The van der Waals surface area contributed by atoms with Gasteiger partial charge in [0, 0.05) is 25.3 Å². The topological polar surface area (TPSA) is 95.6 Å². The van der Waals surface area contributed by atoms with Crippen LogP contribution in [-0.4, -0.2) is 39.9 Å². The molecule has 0 spiro atoms. The van der Waals surface area contributed by atoms with Crippen molar-refractivity contribution in [1.82, 2.24) is 10.0 Å². The Morgan fingerprint density at radius 3 is 2.54 bits per heavy atom. The van der Waals surface area contributed by atoms with Gasteiger partial charge in [0.1, 0.15) is 5.82 Å². The van der Waals surface area contributed by atoms with Gasteiger partial charge in [-0.1, -0.05) is 0 Å². The van der Waals surface area contributed by atoms with Crippen LogP contribution in [0, 0.1) is 11.7 Å². The summed E-state index contributed by atoms with van der Waals surface area (Å²) in [7, 11) is -3.81. The molecule has 2 aliphatic rings. The van der Waals surface area contributed by atoms with Crippen molar-refractivity contribution in [3.63, 3.8) is 0 Å². The number of nitrogens with zero attached hydrogens (tertiary/aromatic N) is 1. The molecule has 1 saturated heterocycles. The van der Waals surface area contributed by atoms with Gasteiger partial charge in [-0.25, -0.2) is 17.5 Å². The maximum absolute atomic E-state index is 13.1. The van der Waals surface area contributed by atoms with E-state index in [1.165, 1.54) is 30.3 Å². The number of hydrogen-bond donors (Lipinski definition) is 2. The zero-order chi connectivity index (χ0) is 19.9. The van der Waals surface area contributed by atoms with Gasteiger partial charge in [0.25, 0.3) is 11.8 Å². The Bertz CT molecular complexity index is 1050. The third kappa shape index (κ3) is 3.50. The molecule has 146 valence electrons. The van der Waals surface area contributed by atoms with E-state index in [1.54, 1.807) is 12.1 Å². The highest BCUT2D eigenvalue weighted by Gasteiger charge is 2.29. The van der Waals surface area contributed by atoms with Crippen LogP contribution in [0.3, 0.4) is 0 Å². The molecule has 2 aromatic carbocycles. The van der Waals surface area contributed by atoms with Gasteiger partial charge >= 0.3 is 0 Å². The zero-order valence-corrected chi connectivity index (χ0v) is 15.6. The number of hydrogen-bond acceptors (Lipinski definition) is 5. The maximum Gasteiger partial charge on any atom is 0.258 e. The summed E-state index contributed by atoms with van der Waals surface area (Å²) in [4.78, 5) is 25.4. The maximum atomic E-state index is 13.1. The molecule has 4 rings (SSSR count). The normalized spacial score (nSPS) is 19.0. The Labute approximate surface area is 161 Å². The number of carbonyl (C=O) groups is 2. The van der Waals surface area contributed by atoms with E-state index in [4.69, 9.17) is 0 Å². The first kappa shape index (κ1) is 18.6. The summed E-state index contributed by atoms with van der Waals surface area (Å²) in [5, 5.41) is 2.14. The van der Waals surface area contributed by atoms with Crippen LogP contribution in [-0.2, 0) is 10.0 Å². The van der Waals surface area contributed by atoms with Gasteiger partial charge in [-0.05, 0) is 54.8 Å². The first-order chi connectivity index (χ1) is 13.3. The van der Waals surface area contributed by atoms with E-state index in [0.29, 0.717) is 6.54 Å². The summed E-state index contributed by atoms with van der Waals surface area (Å²) in [6.45, 7) is 1.68. The van der Waals surface area contributed by atoms with Gasteiger partial charge in [0.15, 0.2) is 0 Å². The number of carbonyl (C=O) groups excluding carboxylic acids is 2. The van der Waals surface area contributed by atoms with Crippen molar-refractivity contribution in [3.05, 3.63) is 59.4 Å². The Morgan fingerprint density at radius 2 is 1.79 bits per heavy atom. The van der Waals surface area contributed by atoms with E-state index in [2.05, 4.69) is 14.9 Å². The SMILES string of the molecule is O=C1NC(=O)c2cc(S(=O)(=O)NCC3CCN(c4ccc(F)cc4)C3)ccc21. The van der Waals surface area contributed by atoms with E-state index >= 15 is 0 Å². The van der Waals surface area contributed by atoms with Crippen molar-refractivity contribution in [2.45, 2.75) is 11.3 Å². The number of imide groups is 1. The summed E-state index contributed by atoms with van der Waals surface area (Å²) in [5.74, 6) is -1.30. The highest BCUT2D eigenvalue weighted by molar-refractivity contribution is 7.89. The van der Waals surface area contributed by atoms with E-state index in [0.717, 1.165) is 18.7 Å². The fourth-order valence-electron chi connectivity index (χ4n) is 3.51. The summed E-state index contributed by atoms with van der Waals surface area (Å²) in [6, 6.07) is 10.1. The lowest BCUT2D eigenvalue weighted by atomic mass is 10.1. The van der Waals surface area contributed by atoms with Crippen LogP contribution in [0.25, 0.3) is 0 Å². The molecule has 7 nitrogen and oxygen atoms in total. The third-order valence-electron chi connectivity index (χ3n) is 5.06. The number of rotatable bonds is 5. The summed E-state index contributed by atoms with van der Waals surface area (Å²) in [6.07, 6.45) is 0.807. The van der Waals surface area contributed by atoms with Crippen molar-refractivity contribution in [2.75, 3.05) is 24.5 Å². The second-order valence-corrected chi connectivity index (χ2v) is 8.69. The van der Waals surface area contributed by atoms with E-state index in [1.807, 2.05) is 0 Å². The molecule has 2 aromatic rings. The van der Waals surface area contributed by atoms with Crippen molar-refractivity contribution in [2.24, 2.45) is 5.92 Å². The highest BCUT2D eigenvalue weighted by Crippen LogP contribution is 2.24. The second-order valence-electron chi connectivity index (χ2n) is 6.92. The molecule has 0 saturated carbocycles. The largest absolute Gasteiger partial charge is 0.371 e. The number of amides is 2. The molecule has 0 aliphatic carbocycles. The summed E-state index contributed by atoms with van der Waals surface area (Å²) >= 11 is 0. The quantitative estimate of drug-likeness (QED) is 0.738. The number of nitrogens with one attached hydrogen (secondary N) is 2. The molecule has 0 bridgehead atoms.